The van der Waals surface area contributed by atoms with E-state index in [1.807, 2.05) is 43.7 Å². The van der Waals surface area contributed by atoms with E-state index in [1.54, 1.807) is 0 Å². The van der Waals surface area contributed by atoms with E-state index >= 15 is 0 Å². The van der Waals surface area contributed by atoms with Crippen molar-refractivity contribution in [2.24, 2.45) is 0 Å². The van der Waals surface area contributed by atoms with E-state index in [9.17, 15) is 8.42 Å². The van der Waals surface area contributed by atoms with Crippen LogP contribution in [0.25, 0.3) is 0 Å². The van der Waals surface area contributed by atoms with Gasteiger partial charge in [0.2, 0.25) is 5.03 Å². The van der Waals surface area contributed by atoms with Crippen molar-refractivity contribution in [3.8, 4) is 0 Å². The largest absolute Gasteiger partial charge is 0.375 e. The molecule has 0 aliphatic rings. The van der Waals surface area contributed by atoms with E-state index in [0.717, 1.165) is 5.56 Å². The van der Waals surface area contributed by atoms with Gasteiger partial charge >= 0.3 is 0 Å². The summed E-state index contributed by atoms with van der Waals surface area (Å²) in [5, 5.41) is 7.63. The van der Waals surface area contributed by atoms with Crippen molar-refractivity contribution in [1.29, 1.82) is 0 Å². The molecule has 0 N–H and O–H groups in total. The Morgan fingerprint density at radius 1 is 1.22 bits per heavy atom. The summed E-state index contributed by atoms with van der Waals surface area (Å²) >= 11 is 0. The van der Waals surface area contributed by atoms with Crippen LogP contribution in [-0.4, -0.2) is 47.2 Å². The summed E-state index contributed by atoms with van der Waals surface area (Å²) in [6.45, 7) is 5.07. The number of hydrogen-bond donors (Lipinski definition) is 0. The van der Waals surface area contributed by atoms with Gasteiger partial charge in [-0.25, -0.2) is 13.1 Å². The zero-order chi connectivity index (χ0) is 16.7. The standard InChI is InChI=1S/C13H20N4O3P2S/c1-21-17(22-2)23(18,19)13-10-16(15-14-13)8-9-20-11-12-6-4-3-5-7-12/h3-7,10,21-22H,8-9,11H2,1-2H3. The fraction of sp³-hybridized carbons (Fsp3) is 0.385. The van der Waals surface area contributed by atoms with Gasteiger partial charge in [0.15, 0.2) is 0 Å². The molecule has 0 aliphatic carbocycles. The second-order valence-electron chi connectivity index (χ2n) is 4.57. The molecule has 2 atom stereocenters. The first-order valence-electron chi connectivity index (χ1n) is 7.00. The van der Waals surface area contributed by atoms with Gasteiger partial charge in [0.05, 0.1) is 26.0 Å². The third kappa shape index (κ3) is 5.03. The van der Waals surface area contributed by atoms with Crippen LogP contribution in [0.5, 0.6) is 0 Å². The van der Waals surface area contributed by atoms with Crippen molar-refractivity contribution in [1.82, 2.24) is 18.8 Å². The average molecular weight is 374 g/mol. The first-order chi connectivity index (χ1) is 11.1. The molecule has 126 valence electrons. The summed E-state index contributed by atoms with van der Waals surface area (Å²) in [6, 6.07) is 9.86. The van der Waals surface area contributed by atoms with Crippen LogP contribution in [0, 0.1) is 0 Å². The van der Waals surface area contributed by atoms with Crippen molar-refractivity contribution < 1.29 is 13.2 Å². The summed E-state index contributed by atoms with van der Waals surface area (Å²) in [5.74, 6) is 0. The van der Waals surface area contributed by atoms with E-state index in [1.165, 1.54) is 14.7 Å². The molecule has 0 amide bonds. The lowest BCUT2D eigenvalue weighted by Crippen LogP contribution is -2.15. The number of nitrogens with zero attached hydrogens (tertiary/aromatic N) is 4. The highest BCUT2D eigenvalue weighted by Gasteiger charge is 2.25. The van der Waals surface area contributed by atoms with Crippen LogP contribution < -0.4 is 0 Å². The number of sulfonamides is 1. The summed E-state index contributed by atoms with van der Waals surface area (Å²) in [5.41, 5.74) is 1.10. The third-order valence-corrected chi connectivity index (χ3v) is 8.89. The number of benzene rings is 1. The molecule has 0 saturated carbocycles. The highest BCUT2D eigenvalue weighted by Crippen LogP contribution is 2.34. The zero-order valence-corrected chi connectivity index (χ0v) is 15.8. The average Bonchev–Trinajstić information content (AvgIpc) is 3.03. The lowest BCUT2D eigenvalue weighted by atomic mass is 10.2. The SMILES string of the molecule is CPN(PC)S(=O)(=O)c1cn(CCOCc2ccccc2)nn1. The van der Waals surface area contributed by atoms with Gasteiger partial charge < -0.3 is 4.74 Å². The summed E-state index contributed by atoms with van der Waals surface area (Å²) < 4.78 is 33.1. The Kier molecular flexibility index (Phi) is 7.06. The Hall–Kier alpha value is -0.910. The first-order valence-corrected chi connectivity index (χ1v) is 11.3. The molecular weight excluding hydrogens is 354 g/mol. The Bertz CT molecular complexity index is 705. The minimum absolute atomic E-state index is 0.00995. The van der Waals surface area contributed by atoms with Gasteiger partial charge in [-0.1, -0.05) is 35.5 Å². The molecule has 1 aromatic heterocycles. The second kappa shape index (κ2) is 8.81. The van der Waals surface area contributed by atoms with E-state index in [4.69, 9.17) is 4.74 Å². The molecule has 0 radical (unpaired) electrons. The van der Waals surface area contributed by atoms with Crippen molar-refractivity contribution in [3.05, 3.63) is 42.1 Å². The maximum Gasteiger partial charge on any atom is 0.270 e. The number of hydrogen-bond acceptors (Lipinski definition) is 5. The van der Waals surface area contributed by atoms with Gasteiger partial charge in [-0.2, -0.15) is 3.85 Å². The molecule has 2 rings (SSSR count). The van der Waals surface area contributed by atoms with E-state index in [2.05, 4.69) is 10.3 Å². The van der Waals surface area contributed by atoms with Gasteiger partial charge in [0, 0.05) is 0 Å². The van der Waals surface area contributed by atoms with E-state index in [0.29, 0.717) is 19.8 Å². The van der Waals surface area contributed by atoms with Crippen LogP contribution in [0.2, 0.25) is 0 Å². The molecule has 0 aliphatic heterocycles. The summed E-state index contributed by atoms with van der Waals surface area (Å²) in [6.07, 6.45) is 1.45. The molecule has 0 bridgehead atoms. The Morgan fingerprint density at radius 2 is 1.91 bits per heavy atom. The first kappa shape index (κ1) is 18.4. The highest BCUT2D eigenvalue weighted by atomic mass is 32.2. The molecule has 10 heteroatoms. The molecule has 1 heterocycles. The monoisotopic (exact) mass is 374 g/mol. The number of ether oxygens (including phenoxy) is 1. The van der Waals surface area contributed by atoms with Crippen molar-refractivity contribution >= 4 is 27.5 Å². The molecule has 0 saturated heterocycles. The van der Waals surface area contributed by atoms with Crippen LogP contribution in [0.4, 0.5) is 0 Å². The van der Waals surface area contributed by atoms with Gasteiger partial charge in [-0.3, -0.25) is 0 Å². The van der Waals surface area contributed by atoms with Crippen LogP contribution in [0.15, 0.2) is 41.6 Å². The number of rotatable bonds is 9. The topological polar surface area (TPSA) is 77.3 Å². The Balaban J connectivity index is 1.87. The smallest absolute Gasteiger partial charge is 0.270 e. The lowest BCUT2D eigenvalue weighted by molar-refractivity contribution is 0.110. The quantitative estimate of drug-likeness (QED) is 0.495. The van der Waals surface area contributed by atoms with Crippen LogP contribution in [0.3, 0.4) is 0 Å². The zero-order valence-electron chi connectivity index (χ0n) is 13.0. The Morgan fingerprint density at radius 3 is 2.57 bits per heavy atom. The maximum atomic E-state index is 12.3. The minimum atomic E-state index is -3.53. The fourth-order valence-electron chi connectivity index (χ4n) is 1.88. The molecule has 0 fully saturated rings. The minimum Gasteiger partial charge on any atom is -0.375 e. The van der Waals surface area contributed by atoms with Crippen molar-refractivity contribution in [2.75, 3.05) is 19.9 Å². The van der Waals surface area contributed by atoms with E-state index in [-0.39, 0.29) is 22.5 Å². The second-order valence-corrected chi connectivity index (χ2v) is 9.19. The van der Waals surface area contributed by atoms with Crippen LogP contribution in [0.1, 0.15) is 5.56 Å². The molecule has 1 aromatic carbocycles. The number of aromatic nitrogens is 3. The molecule has 2 aromatic rings. The van der Waals surface area contributed by atoms with Crippen molar-refractivity contribution in [3.63, 3.8) is 0 Å². The highest BCUT2D eigenvalue weighted by molar-refractivity contribution is 7.97. The fourth-order valence-corrected chi connectivity index (χ4v) is 5.84. The van der Waals surface area contributed by atoms with Crippen LogP contribution >= 0.6 is 17.5 Å². The molecular formula is C13H20N4O3P2S. The van der Waals surface area contributed by atoms with Crippen molar-refractivity contribution in [2.45, 2.75) is 18.2 Å². The van der Waals surface area contributed by atoms with Gasteiger partial charge in [0.1, 0.15) is 0 Å². The molecule has 23 heavy (non-hydrogen) atoms. The normalized spacial score (nSPS) is 13.0. The van der Waals surface area contributed by atoms with Crippen LogP contribution in [-0.2, 0) is 27.9 Å². The Labute approximate surface area is 140 Å². The molecule has 2 unspecified atom stereocenters. The third-order valence-electron chi connectivity index (χ3n) is 3.00. The van der Waals surface area contributed by atoms with Gasteiger partial charge in [0.25, 0.3) is 10.0 Å². The maximum absolute atomic E-state index is 12.3. The van der Waals surface area contributed by atoms with Gasteiger partial charge in [-0.05, 0) is 36.4 Å². The van der Waals surface area contributed by atoms with E-state index < -0.39 is 10.0 Å². The summed E-state index contributed by atoms with van der Waals surface area (Å²) in [4.78, 5) is 0. The molecule has 7 nitrogen and oxygen atoms in total. The predicted octanol–water partition coefficient (Wildman–Crippen LogP) is 1.93. The molecule has 0 spiro atoms. The summed E-state index contributed by atoms with van der Waals surface area (Å²) in [7, 11) is -3.18. The lowest BCUT2D eigenvalue weighted by Gasteiger charge is -2.15. The van der Waals surface area contributed by atoms with Gasteiger partial charge in [-0.15, -0.1) is 5.10 Å². The predicted molar refractivity (Wildman–Crippen MR) is 93.6 cm³/mol.